The van der Waals surface area contributed by atoms with Gasteiger partial charge < -0.3 is 39.3 Å². The van der Waals surface area contributed by atoms with E-state index in [2.05, 4.69) is 134 Å². The van der Waals surface area contributed by atoms with E-state index in [-0.39, 0.29) is 39.8 Å². The van der Waals surface area contributed by atoms with Gasteiger partial charge in [0, 0.05) is 91.6 Å². The van der Waals surface area contributed by atoms with E-state index < -0.39 is 69.9 Å². The maximum absolute atomic E-state index is 13.7. The van der Waals surface area contributed by atoms with E-state index in [1.807, 2.05) is 142 Å². The number of amides is 5. The number of anilines is 2. The Kier molecular flexibility index (Phi) is 25.9. The van der Waals surface area contributed by atoms with Gasteiger partial charge >= 0.3 is 24.2 Å². The minimum Gasteiger partial charge on any atom is -0.481 e. The van der Waals surface area contributed by atoms with Crippen molar-refractivity contribution in [1.82, 2.24) is 44.2 Å². The fraction of sp³-hybridized carbons (Fsp3) is 0.298. The number of hydrogen-bond donors (Lipinski definition) is 3. The first-order valence-corrected chi connectivity index (χ1v) is 38.4. The van der Waals surface area contributed by atoms with E-state index in [0.29, 0.717) is 67.6 Å². The van der Waals surface area contributed by atoms with Crippen molar-refractivity contribution in [3.8, 4) is 22.5 Å². The predicted octanol–water partition coefficient (Wildman–Crippen LogP) is 18.7. The number of carbonyl (C=O) groups excluding carboxylic acids is 5. The van der Waals surface area contributed by atoms with Crippen LogP contribution >= 0.6 is 0 Å². The second-order valence-electron chi connectivity index (χ2n) is 31.8. The molecule has 4 aromatic heterocycles. The highest BCUT2D eigenvalue weighted by atomic mass is 16.6. The van der Waals surface area contributed by atoms with Crippen LogP contribution in [0.3, 0.4) is 0 Å². The molecule has 0 spiro atoms. The zero-order valence-electron chi connectivity index (χ0n) is 65.5. The highest BCUT2D eigenvalue weighted by molar-refractivity contribution is 6.02. The van der Waals surface area contributed by atoms with Crippen molar-refractivity contribution in [2.75, 3.05) is 49.6 Å². The molecule has 3 fully saturated rings. The fourth-order valence-corrected chi connectivity index (χ4v) is 15.1. The highest BCUT2D eigenvalue weighted by Gasteiger charge is 2.45. The second kappa shape index (κ2) is 35.7. The lowest BCUT2D eigenvalue weighted by molar-refractivity contribution is -0.141. The molecule has 3 N–H and O–H groups in total. The van der Waals surface area contributed by atoms with Crippen LogP contribution in [0.25, 0.3) is 44.3 Å². The normalized spacial score (nSPS) is 15.5. The Bertz CT molecular complexity index is 5160. The molecular formula is C94H103N11O11. The summed E-state index contributed by atoms with van der Waals surface area (Å²) in [6, 6.07) is 81.4. The first-order chi connectivity index (χ1) is 54.7. The average Bonchev–Trinajstić information content (AvgIpc) is 1.49. The topological polar surface area (TPSA) is 257 Å². The first-order valence-electron chi connectivity index (χ1n) is 38.4. The van der Waals surface area contributed by atoms with Crippen LogP contribution in [0, 0.1) is 17.8 Å². The van der Waals surface area contributed by atoms with Crippen LogP contribution in [0.15, 0.2) is 267 Å². The van der Waals surface area contributed by atoms with Gasteiger partial charge in [0.2, 0.25) is 5.91 Å². The van der Waals surface area contributed by atoms with Gasteiger partial charge in [0.25, 0.3) is 5.91 Å². The van der Waals surface area contributed by atoms with E-state index in [1.54, 1.807) is 83.4 Å². The first kappa shape index (κ1) is 84.1. The fourth-order valence-electron chi connectivity index (χ4n) is 15.1. The van der Waals surface area contributed by atoms with Crippen molar-refractivity contribution in [3.05, 3.63) is 301 Å². The van der Waals surface area contributed by atoms with Crippen LogP contribution in [0.2, 0.25) is 0 Å². The number of pyridine rings is 2. The Hall–Kier alpha value is -12.8. The maximum atomic E-state index is 13.7. The lowest BCUT2D eigenvalue weighted by atomic mass is 9.77. The van der Waals surface area contributed by atoms with Gasteiger partial charge in [-0.15, -0.1) is 0 Å². The number of rotatable bonds is 15. The number of hydroxylamine groups is 1. The van der Waals surface area contributed by atoms with Gasteiger partial charge in [0.05, 0.1) is 34.5 Å². The molecule has 5 amide bonds. The summed E-state index contributed by atoms with van der Waals surface area (Å²) in [5, 5.41) is 36.5. The van der Waals surface area contributed by atoms with Gasteiger partial charge in [0.15, 0.2) is 0 Å². The van der Waals surface area contributed by atoms with E-state index in [1.165, 1.54) is 9.80 Å². The van der Waals surface area contributed by atoms with E-state index in [4.69, 9.17) is 29.5 Å². The average molecular weight is 1560 g/mol. The number of aromatic nitrogens is 6. The Labute approximate surface area is 678 Å². The molecule has 0 unspecified atom stereocenters. The number of carbonyl (C=O) groups is 6. The van der Waals surface area contributed by atoms with Gasteiger partial charge in [0.1, 0.15) is 39.3 Å². The monoisotopic (exact) mass is 1560 g/mol. The highest BCUT2D eigenvalue weighted by Crippen LogP contribution is 2.47. The standard InChI is InChI=1S/C41H39N5O4.C41H39N5O3.C10H17NO4.2CH4/c1-40(2,3)50-39(48)44-26-23-30(28-44)38(47)45(49)34-19-20-36-35(27-34)37(29-21-24-42-25-22-29)43-46(36)41(31-13-7-4-8-14-31,32-15-9-5-10-16-32)33-17-11-6-12-18-33;1-40(2,3)49-39(48)45-26-23-30(28-45)38(47)43-34-19-20-36-35(27-34)37(29-21-24-42-25-22-29)44-46(36)41(31-13-7-4-8-14-31,32-15-9-5-10-16-32)33-17-11-6-12-18-33;1-10(2,3)15-9(14)11-5-4-7(6-11)8(12)13;;/h4-22,24-25,27,30,49H,23,26,28H2,1-3H3;4-22,24-25,27,30H,23,26,28H2,1-3H3,(H,43,47);7H,4-6H2,1-3H3,(H,12,13);2*1H4/t2*30-;7-;;/m111../s1. The Morgan fingerprint density at radius 3 is 1.05 bits per heavy atom. The Balaban J connectivity index is 0.000000191. The number of nitrogens with one attached hydrogen (secondary N) is 1. The molecule has 116 heavy (non-hydrogen) atoms. The molecule has 22 heteroatoms. The summed E-state index contributed by atoms with van der Waals surface area (Å²) in [4.78, 5) is 87.9. The molecule has 3 atom stereocenters. The molecule has 0 radical (unpaired) electrons. The summed E-state index contributed by atoms with van der Waals surface area (Å²) in [6.07, 6.45) is 7.20. The number of likely N-dealkylation sites (tertiary alicyclic amines) is 3. The summed E-state index contributed by atoms with van der Waals surface area (Å²) in [6.45, 7) is 18.4. The molecule has 3 aliphatic rings. The molecule has 15 rings (SSSR count). The number of carboxylic acid groups (broad SMARTS) is 1. The lowest BCUT2D eigenvalue weighted by Gasteiger charge is -2.37. The van der Waals surface area contributed by atoms with Crippen molar-refractivity contribution in [3.63, 3.8) is 0 Å². The van der Waals surface area contributed by atoms with Crippen molar-refractivity contribution in [2.24, 2.45) is 17.8 Å². The molecule has 600 valence electrons. The molecule has 0 bridgehead atoms. The van der Waals surface area contributed by atoms with Gasteiger partial charge in [-0.3, -0.25) is 29.6 Å². The van der Waals surface area contributed by atoms with E-state index in [9.17, 15) is 34.0 Å². The SMILES string of the molecule is C.C.CC(C)(C)OC(=O)N1CC[C@@H](C(=O)N(O)c2ccc3c(c2)c(-c2ccncc2)nn3C(c2ccccc2)(c2ccccc2)c2ccccc2)C1.CC(C)(C)OC(=O)N1CC[C@@H](C(=O)Nc2ccc3c(c2)c(-c2ccncc2)nn3C(c2ccccc2)(c2ccccc2)c2ccccc2)C1.CC(C)(C)OC(=O)N1CC[C@@H](C(=O)O)C1. The van der Waals surface area contributed by atoms with Crippen LogP contribution in [-0.2, 0) is 39.7 Å². The number of carboxylic acids is 1. The third-order valence-corrected chi connectivity index (χ3v) is 20.3. The van der Waals surface area contributed by atoms with Crippen LogP contribution in [-0.4, -0.2) is 147 Å². The van der Waals surface area contributed by atoms with Crippen molar-refractivity contribution in [2.45, 2.75) is 124 Å². The van der Waals surface area contributed by atoms with Crippen molar-refractivity contribution < 1.29 is 53.3 Å². The van der Waals surface area contributed by atoms with Crippen LogP contribution in [0.4, 0.5) is 25.8 Å². The lowest BCUT2D eigenvalue weighted by Crippen LogP contribution is -2.38. The molecule has 3 saturated heterocycles. The molecular weight excluding hydrogens is 1460 g/mol. The number of nitrogens with zero attached hydrogens (tertiary/aromatic N) is 10. The molecule has 8 aromatic carbocycles. The number of benzene rings is 8. The summed E-state index contributed by atoms with van der Waals surface area (Å²) < 4.78 is 20.4. The number of ether oxygens (including phenoxy) is 3. The minimum absolute atomic E-state index is 0. The van der Waals surface area contributed by atoms with Gasteiger partial charge in [-0.25, -0.2) is 23.7 Å². The molecule has 0 saturated carbocycles. The predicted molar refractivity (Wildman–Crippen MR) is 452 cm³/mol. The minimum atomic E-state index is -0.890. The number of aliphatic carboxylic acids is 1. The van der Waals surface area contributed by atoms with E-state index >= 15 is 0 Å². The van der Waals surface area contributed by atoms with Gasteiger partial charge in [-0.05, 0) is 176 Å². The van der Waals surface area contributed by atoms with Crippen molar-refractivity contribution in [1.29, 1.82) is 0 Å². The Morgan fingerprint density at radius 2 is 0.716 bits per heavy atom. The summed E-state index contributed by atoms with van der Waals surface area (Å²) >= 11 is 0. The van der Waals surface area contributed by atoms with E-state index in [0.717, 1.165) is 72.0 Å². The smallest absolute Gasteiger partial charge is 0.410 e. The second-order valence-corrected chi connectivity index (χ2v) is 31.8. The van der Waals surface area contributed by atoms with Gasteiger partial charge in [-0.1, -0.05) is 197 Å². The van der Waals surface area contributed by atoms with Crippen LogP contribution < -0.4 is 10.4 Å². The number of fused-ring (bicyclic) bond motifs is 2. The summed E-state index contributed by atoms with van der Waals surface area (Å²) in [5.74, 6) is -2.82. The third kappa shape index (κ3) is 18.4. The molecule has 3 aliphatic heterocycles. The Morgan fingerprint density at radius 1 is 0.405 bits per heavy atom. The molecule has 7 heterocycles. The van der Waals surface area contributed by atoms with Gasteiger partial charge in [-0.2, -0.15) is 15.3 Å². The zero-order chi connectivity index (χ0) is 80.5. The largest absolute Gasteiger partial charge is 0.481 e. The van der Waals surface area contributed by atoms with Crippen LogP contribution in [0.5, 0.6) is 0 Å². The molecule has 22 nitrogen and oxygen atoms in total. The summed E-state index contributed by atoms with van der Waals surface area (Å²) in [7, 11) is 0. The number of hydrogen-bond acceptors (Lipinski definition) is 14. The zero-order valence-corrected chi connectivity index (χ0v) is 65.5. The summed E-state index contributed by atoms with van der Waals surface area (Å²) in [5.41, 5.74) is 8.61. The molecule has 0 aliphatic carbocycles. The third-order valence-electron chi connectivity index (χ3n) is 20.3. The van der Waals surface area contributed by atoms with Crippen LogP contribution in [0.1, 0.15) is 130 Å². The quantitative estimate of drug-likeness (QED) is 0.0373. The van der Waals surface area contributed by atoms with Crippen molar-refractivity contribution >= 4 is 69.2 Å². The molecule has 12 aromatic rings. The maximum Gasteiger partial charge on any atom is 0.410 e.